The van der Waals surface area contributed by atoms with E-state index in [9.17, 15) is 14.7 Å². The van der Waals surface area contributed by atoms with Crippen molar-refractivity contribution in [3.63, 3.8) is 0 Å². The molecule has 7 heteroatoms. The number of carbonyl (C=O) groups is 2. The Morgan fingerprint density at radius 2 is 2.14 bits per heavy atom. The molecule has 3 N–H and O–H groups in total. The molecule has 7 nitrogen and oxygen atoms in total. The van der Waals surface area contributed by atoms with Crippen LogP contribution in [0.15, 0.2) is 24.3 Å². The number of hydrogen-bond donors (Lipinski definition) is 3. The average Bonchev–Trinajstić information content (AvgIpc) is 2.95. The summed E-state index contributed by atoms with van der Waals surface area (Å²) in [6.07, 6.45) is -0.0444. The number of nitrogens with one attached hydrogen (secondary N) is 2. The van der Waals surface area contributed by atoms with Crippen molar-refractivity contribution in [3.8, 4) is 0 Å². The van der Waals surface area contributed by atoms with Crippen molar-refractivity contribution in [2.75, 3.05) is 36.5 Å². The van der Waals surface area contributed by atoms with E-state index in [2.05, 4.69) is 10.6 Å². The molecule has 0 bridgehead atoms. The van der Waals surface area contributed by atoms with E-state index in [0.717, 1.165) is 5.69 Å². The summed E-state index contributed by atoms with van der Waals surface area (Å²) in [7, 11) is 0. The summed E-state index contributed by atoms with van der Waals surface area (Å²) in [6.45, 7) is 1.61. The monoisotopic (exact) mass is 305 g/mol. The van der Waals surface area contributed by atoms with Gasteiger partial charge in [-0.2, -0.15) is 0 Å². The first-order chi connectivity index (χ1) is 10.6. The van der Waals surface area contributed by atoms with Crippen molar-refractivity contribution in [2.45, 2.75) is 18.6 Å². The third-order valence-electron chi connectivity index (χ3n) is 3.86. The summed E-state index contributed by atoms with van der Waals surface area (Å²) in [5, 5.41) is 15.2. The number of hydrogen-bond acceptors (Lipinski definition) is 5. The largest absolute Gasteiger partial charge is 0.392 e. The fraction of sp³-hybridized carbons (Fsp3) is 0.467. The Balaban J connectivity index is 1.61. The lowest BCUT2D eigenvalue weighted by Gasteiger charge is -2.27. The maximum atomic E-state index is 12.0. The van der Waals surface area contributed by atoms with Crippen LogP contribution in [0.5, 0.6) is 0 Å². The molecule has 2 heterocycles. The Kier molecular flexibility index (Phi) is 4.37. The number of amides is 2. The van der Waals surface area contributed by atoms with Gasteiger partial charge in [-0.25, -0.2) is 0 Å². The van der Waals surface area contributed by atoms with Crippen molar-refractivity contribution < 1.29 is 19.4 Å². The van der Waals surface area contributed by atoms with Crippen LogP contribution in [0.25, 0.3) is 0 Å². The van der Waals surface area contributed by atoms with Crippen molar-refractivity contribution in [1.82, 2.24) is 5.32 Å². The maximum absolute atomic E-state index is 12.0. The van der Waals surface area contributed by atoms with Crippen LogP contribution in [0.3, 0.4) is 0 Å². The first-order valence-electron chi connectivity index (χ1n) is 7.34. The highest BCUT2D eigenvalue weighted by molar-refractivity contribution is 5.97. The van der Waals surface area contributed by atoms with Gasteiger partial charge in [0.2, 0.25) is 5.91 Å². The number of benzene rings is 1. The minimum Gasteiger partial charge on any atom is -0.392 e. The topological polar surface area (TPSA) is 90.9 Å². The fourth-order valence-corrected chi connectivity index (χ4v) is 2.66. The standard InChI is InChI=1S/C15H19N3O4/c19-12-7-13(16-8-12)15(21)17-10-1-3-11(4-2-10)18-5-6-22-9-14(18)20/h1-4,12-13,16,19H,5-9H2,(H,17,21)/t12?,13-/m0/s1. The minimum atomic E-state index is -0.467. The zero-order valence-electron chi connectivity index (χ0n) is 12.1. The number of aliphatic hydroxyl groups excluding tert-OH is 1. The van der Waals surface area contributed by atoms with Gasteiger partial charge >= 0.3 is 0 Å². The van der Waals surface area contributed by atoms with Crippen LogP contribution < -0.4 is 15.5 Å². The van der Waals surface area contributed by atoms with E-state index in [4.69, 9.17) is 4.74 Å². The van der Waals surface area contributed by atoms with E-state index in [0.29, 0.717) is 31.8 Å². The summed E-state index contributed by atoms with van der Waals surface area (Å²) >= 11 is 0. The van der Waals surface area contributed by atoms with Crippen LogP contribution in [0.2, 0.25) is 0 Å². The highest BCUT2D eigenvalue weighted by Gasteiger charge is 2.28. The molecule has 0 spiro atoms. The van der Waals surface area contributed by atoms with E-state index in [1.165, 1.54) is 0 Å². The second-order valence-electron chi connectivity index (χ2n) is 5.48. The number of ether oxygens (including phenoxy) is 1. The highest BCUT2D eigenvalue weighted by Crippen LogP contribution is 2.20. The third kappa shape index (κ3) is 3.27. The quantitative estimate of drug-likeness (QED) is 0.714. The number of aliphatic hydroxyl groups is 1. The first-order valence-corrected chi connectivity index (χ1v) is 7.34. The SMILES string of the molecule is O=C(Nc1ccc(N2CCOCC2=O)cc1)[C@@H]1CC(O)CN1. The van der Waals surface area contributed by atoms with Gasteiger partial charge in [0.15, 0.2) is 0 Å². The second-order valence-corrected chi connectivity index (χ2v) is 5.48. The summed E-state index contributed by atoms with van der Waals surface area (Å²) in [5.41, 5.74) is 1.46. The molecule has 2 atom stereocenters. The molecular weight excluding hydrogens is 286 g/mol. The number of β-amino-alcohol motifs (C(OH)–C–C–N with tert-alkyl or cyclic N) is 1. The van der Waals surface area contributed by atoms with Gasteiger partial charge in [0, 0.05) is 24.5 Å². The van der Waals surface area contributed by atoms with Crippen molar-refractivity contribution >= 4 is 23.2 Å². The lowest BCUT2D eigenvalue weighted by Crippen LogP contribution is -2.41. The summed E-state index contributed by atoms with van der Waals surface area (Å²) < 4.78 is 5.10. The zero-order chi connectivity index (χ0) is 15.5. The van der Waals surface area contributed by atoms with Crippen LogP contribution >= 0.6 is 0 Å². The molecule has 118 valence electrons. The van der Waals surface area contributed by atoms with E-state index < -0.39 is 6.10 Å². The Labute approximate surface area is 128 Å². The van der Waals surface area contributed by atoms with Gasteiger partial charge in [0.1, 0.15) is 6.61 Å². The molecule has 2 aliphatic heterocycles. The van der Waals surface area contributed by atoms with Crippen LogP contribution in [0, 0.1) is 0 Å². The average molecular weight is 305 g/mol. The molecule has 0 aliphatic carbocycles. The van der Waals surface area contributed by atoms with E-state index >= 15 is 0 Å². The first kappa shape index (κ1) is 15.0. The smallest absolute Gasteiger partial charge is 0.253 e. The van der Waals surface area contributed by atoms with E-state index in [-0.39, 0.29) is 24.5 Å². The third-order valence-corrected chi connectivity index (χ3v) is 3.86. The Hall–Kier alpha value is -1.96. The predicted molar refractivity (Wildman–Crippen MR) is 80.7 cm³/mol. The minimum absolute atomic E-state index is 0.0628. The van der Waals surface area contributed by atoms with Gasteiger partial charge in [-0.1, -0.05) is 0 Å². The fourth-order valence-electron chi connectivity index (χ4n) is 2.66. The summed E-state index contributed by atoms with van der Waals surface area (Å²) in [6, 6.07) is 6.77. The van der Waals surface area contributed by atoms with Gasteiger partial charge in [-0.15, -0.1) is 0 Å². The molecule has 0 radical (unpaired) electrons. The number of carbonyl (C=O) groups excluding carboxylic acids is 2. The number of rotatable bonds is 3. The van der Waals surface area contributed by atoms with E-state index in [1.54, 1.807) is 29.2 Å². The molecule has 2 amide bonds. The van der Waals surface area contributed by atoms with Crippen LogP contribution in [-0.4, -0.2) is 55.4 Å². The number of morpholine rings is 1. The van der Waals surface area contributed by atoms with Crippen molar-refractivity contribution in [1.29, 1.82) is 0 Å². The highest BCUT2D eigenvalue weighted by atomic mass is 16.5. The summed E-state index contributed by atoms with van der Waals surface area (Å²) in [4.78, 5) is 25.5. The lowest BCUT2D eigenvalue weighted by molar-refractivity contribution is -0.125. The Bertz CT molecular complexity index is 560. The molecule has 2 fully saturated rings. The molecule has 0 aromatic heterocycles. The van der Waals surface area contributed by atoms with Crippen LogP contribution in [-0.2, 0) is 14.3 Å². The van der Waals surface area contributed by atoms with E-state index in [1.807, 2.05) is 0 Å². The van der Waals surface area contributed by atoms with Gasteiger partial charge in [-0.3, -0.25) is 9.59 Å². The lowest BCUT2D eigenvalue weighted by atomic mass is 10.2. The second kappa shape index (κ2) is 6.43. The predicted octanol–water partition coefficient (Wildman–Crippen LogP) is -0.289. The molecule has 22 heavy (non-hydrogen) atoms. The zero-order valence-corrected chi connectivity index (χ0v) is 12.1. The molecule has 0 saturated carbocycles. The van der Waals surface area contributed by atoms with Gasteiger partial charge in [0.25, 0.3) is 5.91 Å². The summed E-state index contributed by atoms with van der Waals surface area (Å²) in [5.74, 6) is -0.223. The number of anilines is 2. The Morgan fingerprint density at radius 1 is 1.36 bits per heavy atom. The van der Waals surface area contributed by atoms with Gasteiger partial charge in [-0.05, 0) is 30.7 Å². The molecule has 1 unspecified atom stereocenters. The van der Waals surface area contributed by atoms with Gasteiger partial charge in [0.05, 0.1) is 18.8 Å². The number of nitrogens with zero attached hydrogens (tertiary/aromatic N) is 1. The normalized spacial score (nSPS) is 25.3. The molecule has 3 rings (SSSR count). The molecule has 1 aromatic rings. The molecule has 2 saturated heterocycles. The molecule has 1 aromatic carbocycles. The maximum Gasteiger partial charge on any atom is 0.253 e. The van der Waals surface area contributed by atoms with Crippen molar-refractivity contribution in [2.24, 2.45) is 0 Å². The van der Waals surface area contributed by atoms with Gasteiger partial charge < -0.3 is 25.4 Å². The van der Waals surface area contributed by atoms with Crippen LogP contribution in [0.1, 0.15) is 6.42 Å². The Morgan fingerprint density at radius 3 is 2.77 bits per heavy atom. The molecular formula is C15H19N3O4. The van der Waals surface area contributed by atoms with Crippen LogP contribution in [0.4, 0.5) is 11.4 Å². The molecule has 2 aliphatic rings. The van der Waals surface area contributed by atoms with Crippen molar-refractivity contribution in [3.05, 3.63) is 24.3 Å².